The predicted molar refractivity (Wildman–Crippen MR) is 110 cm³/mol. The maximum Gasteiger partial charge on any atom is 0.260 e. The van der Waals surface area contributed by atoms with E-state index < -0.39 is 0 Å². The molecule has 0 radical (unpaired) electrons. The van der Waals surface area contributed by atoms with Gasteiger partial charge in [0.15, 0.2) is 6.61 Å². The fraction of sp³-hybridized carbons (Fsp3) is 0.409. The monoisotopic (exact) mass is 400 g/mol. The average Bonchev–Trinajstić information content (AvgIpc) is 2.78. The molecular weight excluding hydrogens is 372 g/mol. The minimum Gasteiger partial charge on any atom is -0.497 e. The molecule has 0 aromatic heterocycles. The second kappa shape index (κ2) is 10.0. The Bertz CT molecular complexity index is 801. The molecule has 0 unspecified atom stereocenters. The normalized spacial score (nSPS) is 14.4. The largest absolute Gasteiger partial charge is 0.497 e. The topological polar surface area (TPSA) is 60.5 Å². The Morgan fingerprint density at radius 1 is 0.828 bits per heavy atom. The van der Waals surface area contributed by atoms with E-state index in [2.05, 4.69) is 4.90 Å². The highest BCUT2D eigenvalue weighted by atomic mass is 16.5. The predicted octanol–water partition coefficient (Wildman–Crippen LogP) is 2.44. The van der Waals surface area contributed by atoms with E-state index in [0.29, 0.717) is 18.8 Å². The van der Waals surface area contributed by atoms with Gasteiger partial charge in [0.25, 0.3) is 5.91 Å². The van der Waals surface area contributed by atoms with Crippen LogP contribution in [0.1, 0.15) is 5.56 Å². The summed E-state index contributed by atoms with van der Waals surface area (Å²) in [6.45, 7) is 3.80. The van der Waals surface area contributed by atoms with Crippen LogP contribution < -0.4 is 18.9 Å². The van der Waals surface area contributed by atoms with E-state index in [1.807, 2.05) is 35.2 Å². The van der Waals surface area contributed by atoms with Crippen LogP contribution in [0.3, 0.4) is 0 Å². The van der Waals surface area contributed by atoms with Crippen molar-refractivity contribution < 1.29 is 23.7 Å². The quantitative estimate of drug-likeness (QED) is 0.678. The van der Waals surface area contributed by atoms with Crippen LogP contribution in [0, 0.1) is 0 Å². The third kappa shape index (κ3) is 5.54. The van der Waals surface area contributed by atoms with Gasteiger partial charge in [-0.1, -0.05) is 6.07 Å². The Balaban J connectivity index is 1.46. The van der Waals surface area contributed by atoms with Gasteiger partial charge in [-0.2, -0.15) is 0 Å². The molecule has 0 bridgehead atoms. The van der Waals surface area contributed by atoms with Crippen molar-refractivity contribution in [3.63, 3.8) is 0 Å². The lowest BCUT2D eigenvalue weighted by Gasteiger charge is -2.34. The van der Waals surface area contributed by atoms with Gasteiger partial charge in [0.2, 0.25) is 0 Å². The van der Waals surface area contributed by atoms with Gasteiger partial charge in [-0.3, -0.25) is 9.69 Å². The second-order valence-electron chi connectivity index (χ2n) is 6.80. The maximum absolute atomic E-state index is 12.5. The molecule has 2 aromatic rings. The van der Waals surface area contributed by atoms with Crippen LogP contribution in [0.2, 0.25) is 0 Å². The minimum atomic E-state index is 0.00231. The third-order valence-electron chi connectivity index (χ3n) is 5.03. The first-order valence-electron chi connectivity index (χ1n) is 9.61. The minimum absolute atomic E-state index is 0.00231. The number of carbonyl (C=O) groups is 1. The molecule has 0 N–H and O–H groups in total. The lowest BCUT2D eigenvalue weighted by atomic mass is 10.1. The molecule has 0 spiro atoms. The van der Waals surface area contributed by atoms with Crippen LogP contribution in [0.15, 0.2) is 42.5 Å². The summed E-state index contributed by atoms with van der Waals surface area (Å²) in [5, 5.41) is 0. The van der Waals surface area contributed by atoms with Crippen LogP contribution in [0.4, 0.5) is 0 Å². The molecule has 1 aliphatic heterocycles. The summed E-state index contributed by atoms with van der Waals surface area (Å²) < 4.78 is 21.5. The van der Waals surface area contributed by atoms with Crippen molar-refractivity contribution in [3.8, 4) is 23.0 Å². The maximum atomic E-state index is 12.5. The summed E-state index contributed by atoms with van der Waals surface area (Å²) in [5.74, 6) is 3.01. The van der Waals surface area contributed by atoms with E-state index in [0.717, 1.165) is 42.4 Å². The molecule has 3 rings (SSSR count). The molecule has 0 saturated carbocycles. The molecule has 1 heterocycles. The Morgan fingerprint density at radius 3 is 2.07 bits per heavy atom. The number of hydrogen-bond donors (Lipinski definition) is 0. The fourth-order valence-corrected chi connectivity index (χ4v) is 3.29. The average molecular weight is 400 g/mol. The highest BCUT2D eigenvalue weighted by molar-refractivity contribution is 5.77. The first-order chi connectivity index (χ1) is 14.1. The van der Waals surface area contributed by atoms with E-state index in [4.69, 9.17) is 18.9 Å². The van der Waals surface area contributed by atoms with E-state index in [1.54, 1.807) is 33.5 Å². The van der Waals surface area contributed by atoms with E-state index in [9.17, 15) is 4.79 Å². The number of benzene rings is 2. The smallest absolute Gasteiger partial charge is 0.260 e. The van der Waals surface area contributed by atoms with E-state index in [-0.39, 0.29) is 12.5 Å². The van der Waals surface area contributed by atoms with Crippen molar-refractivity contribution in [2.24, 2.45) is 0 Å². The van der Waals surface area contributed by atoms with Crippen LogP contribution in [-0.4, -0.2) is 69.8 Å². The summed E-state index contributed by atoms with van der Waals surface area (Å²) in [6.07, 6.45) is 0. The van der Waals surface area contributed by atoms with Gasteiger partial charge in [0, 0.05) is 44.4 Å². The summed E-state index contributed by atoms with van der Waals surface area (Å²) in [6, 6.07) is 13.1. The van der Waals surface area contributed by atoms with Crippen LogP contribution in [0.25, 0.3) is 0 Å². The van der Waals surface area contributed by atoms with Gasteiger partial charge in [-0.15, -0.1) is 0 Å². The van der Waals surface area contributed by atoms with Crippen LogP contribution >= 0.6 is 0 Å². The molecule has 156 valence electrons. The van der Waals surface area contributed by atoms with E-state index in [1.165, 1.54) is 0 Å². The van der Waals surface area contributed by atoms with Crippen molar-refractivity contribution in [1.82, 2.24) is 9.80 Å². The zero-order chi connectivity index (χ0) is 20.6. The number of piperazine rings is 1. The molecule has 1 saturated heterocycles. The molecule has 1 amide bonds. The zero-order valence-corrected chi connectivity index (χ0v) is 17.2. The molecule has 0 aliphatic carbocycles. The third-order valence-corrected chi connectivity index (χ3v) is 5.03. The Hall–Kier alpha value is -2.93. The Labute approximate surface area is 171 Å². The lowest BCUT2D eigenvalue weighted by Crippen LogP contribution is -2.49. The van der Waals surface area contributed by atoms with Crippen molar-refractivity contribution in [2.45, 2.75) is 6.54 Å². The standard InChI is InChI=1S/C22H28N2O5/c1-26-18-6-8-19(9-7-18)29-16-22(25)24-12-10-23(11-13-24)15-17-4-5-20(27-2)14-21(17)28-3/h4-9,14H,10-13,15-16H2,1-3H3. The SMILES string of the molecule is COc1ccc(OCC(=O)N2CCN(Cc3ccc(OC)cc3OC)CC2)cc1. The molecule has 29 heavy (non-hydrogen) atoms. The van der Waals surface area contributed by atoms with Crippen molar-refractivity contribution >= 4 is 5.91 Å². The second-order valence-corrected chi connectivity index (χ2v) is 6.80. The number of nitrogens with zero attached hydrogens (tertiary/aromatic N) is 2. The van der Waals surface area contributed by atoms with E-state index >= 15 is 0 Å². The van der Waals surface area contributed by atoms with Gasteiger partial charge in [-0.25, -0.2) is 0 Å². The highest BCUT2D eigenvalue weighted by Gasteiger charge is 2.22. The van der Waals surface area contributed by atoms with Crippen LogP contribution in [0.5, 0.6) is 23.0 Å². The van der Waals surface area contributed by atoms with Crippen molar-refractivity contribution in [2.75, 3.05) is 54.1 Å². The number of amides is 1. The number of hydrogen-bond acceptors (Lipinski definition) is 6. The van der Waals surface area contributed by atoms with Crippen LogP contribution in [-0.2, 0) is 11.3 Å². The van der Waals surface area contributed by atoms with Crippen molar-refractivity contribution in [3.05, 3.63) is 48.0 Å². The zero-order valence-electron chi connectivity index (χ0n) is 17.2. The summed E-state index contributed by atoms with van der Waals surface area (Å²) in [5.41, 5.74) is 1.11. The number of rotatable bonds is 8. The number of methoxy groups -OCH3 is 3. The van der Waals surface area contributed by atoms with Gasteiger partial charge in [0.1, 0.15) is 23.0 Å². The summed E-state index contributed by atoms with van der Waals surface area (Å²) in [4.78, 5) is 16.6. The first kappa shape index (κ1) is 20.8. The van der Waals surface area contributed by atoms with Crippen molar-refractivity contribution in [1.29, 1.82) is 0 Å². The molecule has 1 fully saturated rings. The molecular formula is C22H28N2O5. The molecule has 7 nitrogen and oxygen atoms in total. The number of carbonyl (C=O) groups excluding carboxylic acids is 1. The first-order valence-corrected chi connectivity index (χ1v) is 9.61. The molecule has 2 aromatic carbocycles. The molecule has 7 heteroatoms. The number of ether oxygens (including phenoxy) is 4. The van der Waals surface area contributed by atoms with Gasteiger partial charge < -0.3 is 23.8 Å². The van der Waals surface area contributed by atoms with Gasteiger partial charge in [0.05, 0.1) is 21.3 Å². The van der Waals surface area contributed by atoms with Gasteiger partial charge in [-0.05, 0) is 30.3 Å². The summed E-state index contributed by atoms with van der Waals surface area (Å²) >= 11 is 0. The molecule has 0 atom stereocenters. The lowest BCUT2D eigenvalue weighted by molar-refractivity contribution is -0.135. The Kier molecular flexibility index (Phi) is 7.19. The Morgan fingerprint density at radius 2 is 1.45 bits per heavy atom. The molecule has 1 aliphatic rings. The highest BCUT2D eigenvalue weighted by Crippen LogP contribution is 2.26. The fourth-order valence-electron chi connectivity index (χ4n) is 3.29. The van der Waals surface area contributed by atoms with Gasteiger partial charge >= 0.3 is 0 Å². The summed E-state index contributed by atoms with van der Waals surface area (Å²) in [7, 11) is 4.92.